The minimum atomic E-state index is -3.98. The van der Waals surface area contributed by atoms with Gasteiger partial charge in [0.1, 0.15) is 0 Å². The zero-order chi connectivity index (χ0) is 6.78. The zero-order valence-electron chi connectivity index (χ0n) is 4.66. The van der Waals surface area contributed by atoms with E-state index in [1.807, 2.05) is 0 Å². The van der Waals surface area contributed by atoms with Gasteiger partial charge in [0.25, 0.3) is 10.1 Å². The summed E-state index contributed by atoms with van der Waals surface area (Å²) in [7, 11) is -2.77. The molecule has 0 rings (SSSR count). The Morgan fingerprint density at radius 1 is 1.62 bits per heavy atom. The highest BCUT2D eigenvalue weighted by Gasteiger charge is 2.14. The molecule has 0 fully saturated rings. The average molecular weight is 140 g/mol. The number of ether oxygens (including phenoxy) is 1. The van der Waals surface area contributed by atoms with Crippen molar-refractivity contribution in [2.24, 2.45) is 0 Å². The Hall–Kier alpha value is -0.130. The molecule has 0 aromatic heterocycles. The van der Waals surface area contributed by atoms with Crippen molar-refractivity contribution in [1.29, 1.82) is 0 Å². The zero-order valence-corrected chi connectivity index (χ0v) is 5.47. The van der Waals surface area contributed by atoms with Gasteiger partial charge in [0.2, 0.25) is 0 Å². The Bertz CT molecular complexity index is 147. The second-order valence-corrected chi connectivity index (χ2v) is 3.01. The first kappa shape index (κ1) is 7.87. The molecule has 0 aliphatic heterocycles. The van der Waals surface area contributed by atoms with E-state index in [9.17, 15) is 8.42 Å². The lowest BCUT2D eigenvalue weighted by molar-refractivity contribution is 0.169. The second kappa shape index (κ2) is 2.43. The second-order valence-electron chi connectivity index (χ2n) is 1.32. The smallest absolute Gasteiger partial charge is 0.291 e. The molecule has 4 nitrogen and oxygen atoms in total. The maximum Gasteiger partial charge on any atom is 0.291 e. The SMILES string of the molecule is COC(C)S(=O)(=O)O. The fourth-order valence-corrected chi connectivity index (χ4v) is 0.365. The predicted molar refractivity (Wildman–Crippen MR) is 28.0 cm³/mol. The highest BCUT2D eigenvalue weighted by Crippen LogP contribution is 1.95. The molecule has 1 atom stereocenters. The van der Waals surface area contributed by atoms with Gasteiger partial charge in [0.05, 0.1) is 0 Å². The molecule has 5 heteroatoms. The molecule has 1 N–H and O–H groups in total. The van der Waals surface area contributed by atoms with E-state index in [4.69, 9.17) is 4.55 Å². The third kappa shape index (κ3) is 2.25. The van der Waals surface area contributed by atoms with Crippen LogP contribution in [0.4, 0.5) is 0 Å². The van der Waals surface area contributed by atoms with Crippen molar-refractivity contribution in [2.45, 2.75) is 12.4 Å². The van der Waals surface area contributed by atoms with Crippen molar-refractivity contribution < 1.29 is 17.7 Å². The molecule has 0 aromatic rings. The molecule has 0 aromatic carbocycles. The molecule has 0 saturated heterocycles. The van der Waals surface area contributed by atoms with Gasteiger partial charge in [-0.2, -0.15) is 8.42 Å². The van der Waals surface area contributed by atoms with Crippen molar-refractivity contribution in [3.05, 3.63) is 0 Å². The number of hydrogen-bond donors (Lipinski definition) is 1. The molecule has 0 radical (unpaired) electrons. The highest BCUT2D eigenvalue weighted by molar-refractivity contribution is 7.86. The van der Waals surface area contributed by atoms with Crippen LogP contribution in [0.5, 0.6) is 0 Å². The Morgan fingerprint density at radius 3 is 2.00 bits per heavy atom. The molecule has 50 valence electrons. The van der Waals surface area contributed by atoms with Crippen molar-refractivity contribution in [3.63, 3.8) is 0 Å². The summed E-state index contributed by atoms with van der Waals surface area (Å²) < 4.78 is 32.4. The Balaban J connectivity index is 4.04. The topological polar surface area (TPSA) is 63.6 Å². The average Bonchev–Trinajstić information content (AvgIpc) is 1.62. The van der Waals surface area contributed by atoms with Gasteiger partial charge < -0.3 is 4.74 Å². The lowest BCUT2D eigenvalue weighted by Gasteiger charge is -2.02. The van der Waals surface area contributed by atoms with E-state index in [0.717, 1.165) is 0 Å². The third-order valence-corrected chi connectivity index (χ3v) is 1.78. The van der Waals surface area contributed by atoms with E-state index in [-0.39, 0.29) is 0 Å². The van der Waals surface area contributed by atoms with Crippen LogP contribution in [0, 0.1) is 0 Å². The molecule has 0 amide bonds. The molecular formula is C3H8O4S. The van der Waals surface area contributed by atoms with Gasteiger partial charge in [-0.25, -0.2) is 0 Å². The summed E-state index contributed by atoms with van der Waals surface area (Å²) >= 11 is 0. The van der Waals surface area contributed by atoms with E-state index in [1.165, 1.54) is 14.0 Å². The maximum atomic E-state index is 9.99. The van der Waals surface area contributed by atoms with Crippen LogP contribution in [-0.4, -0.2) is 25.5 Å². The van der Waals surface area contributed by atoms with Gasteiger partial charge >= 0.3 is 0 Å². The maximum absolute atomic E-state index is 9.99. The Kier molecular flexibility index (Phi) is 2.39. The van der Waals surface area contributed by atoms with E-state index < -0.39 is 15.6 Å². The summed E-state index contributed by atoms with van der Waals surface area (Å²) in [5, 5.41) is 0. The Morgan fingerprint density at radius 2 is 2.00 bits per heavy atom. The largest absolute Gasteiger partial charge is 0.363 e. The van der Waals surface area contributed by atoms with Gasteiger partial charge in [-0.05, 0) is 6.92 Å². The fraction of sp³-hybridized carbons (Fsp3) is 1.00. The van der Waals surface area contributed by atoms with Crippen LogP contribution in [-0.2, 0) is 14.9 Å². The standard InChI is InChI=1S/C3H8O4S/c1-3(7-2)8(4,5)6/h3H,1-2H3,(H,4,5,6). The van der Waals surface area contributed by atoms with Crippen LogP contribution >= 0.6 is 0 Å². The van der Waals surface area contributed by atoms with Crippen LogP contribution < -0.4 is 0 Å². The summed E-state index contributed by atoms with van der Waals surface area (Å²) in [6, 6.07) is 0. The monoisotopic (exact) mass is 140 g/mol. The lowest BCUT2D eigenvalue weighted by Crippen LogP contribution is -2.17. The lowest BCUT2D eigenvalue weighted by atomic mass is 10.9. The predicted octanol–water partition coefficient (Wildman–Crippen LogP) is -0.133. The van der Waals surface area contributed by atoms with Crippen molar-refractivity contribution >= 4 is 10.1 Å². The third-order valence-electron chi connectivity index (χ3n) is 0.751. The van der Waals surface area contributed by atoms with Crippen LogP contribution in [0.3, 0.4) is 0 Å². The van der Waals surface area contributed by atoms with Crippen molar-refractivity contribution in [2.75, 3.05) is 7.11 Å². The van der Waals surface area contributed by atoms with Crippen molar-refractivity contribution in [3.8, 4) is 0 Å². The normalized spacial score (nSPS) is 15.9. The molecule has 0 bridgehead atoms. The first-order valence-corrected chi connectivity index (χ1v) is 3.48. The minimum absolute atomic E-state index is 1.12. The first-order chi connectivity index (χ1) is 3.48. The minimum Gasteiger partial charge on any atom is -0.363 e. The fourth-order valence-electron chi connectivity index (χ4n) is 0.122. The van der Waals surface area contributed by atoms with Gasteiger partial charge in [-0.1, -0.05) is 0 Å². The molecule has 8 heavy (non-hydrogen) atoms. The summed E-state index contributed by atoms with van der Waals surface area (Å²) in [5.41, 5.74) is -1.12. The quantitative estimate of drug-likeness (QED) is 0.542. The van der Waals surface area contributed by atoms with Crippen LogP contribution in [0.25, 0.3) is 0 Å². The van der Waals surface area contributed by atoms with Gasteiger partial charge in [0, 0.05) is 7.11 Å². The molecule has 0 saturated carbocycles. The van der Waals surface area contributed by atoms with Crippen LogP contribution in [0.1, 0.15) is 6.92 Å². The van der Waals surface area contributed by atoms with E-state index in [2.05, 4.69) is 4.74 Å². The van der Waals surface area contributed by atoms with E-state index in [1.54, 1.807) is 0 Å². The number of rotatable bonds is 2. The molecule has 0 heterocycles. The summed E-state index contributed by atoms with van der Waals surface area (Å²) in [5.74, 6) is 0. The molecule has 0 aliphatic carbocycles. The van der Waals surface area contributed by atoms with Gasteiger partial charge in [0.15, 0.2) is 5.44 Å². The van der Waals surface area contributed by atoms with Gasteiger partial charge in [-0.3, -0.25) is 4.55 Å². The summed E-state index contributed by atoms with van der Waals surface area (Å²) in [6.45, 7) is 1.25. The van der Waals surface area contributed by atoms with Crippen LogP contribution in [0.2, 0.25) is 0 Å². The first-order valence-electron chi connectivity index (χ1n) is 1.97. The van der Waals surface area contributed by atoms with Crippen LogP contribution in [0.15, 0.2) is 0 Å². The van der Waals surface area contributed by atoms with Crippen molar-refractivity contribution in [1.82, 2.24) is 0 Å². The molecule has 0 spiro atoms. The summed E-state index contributed by atoms with van der Waals surface area (Å²) in [6.07, 6.45) is 0. The molecular weight excluding hydrogens is 132 g/mol. The molecule has 1 unspecified atom stereocenters. The summed E-state index contributed by atoms with van der Waals surface area (Å²) in [4.78, 5) is 0. The number of hydrogen-bond acceptors (Lipinski definition) is 3. The number of methoxy groups -OCH3 is 1. The highest BCUT2D eigenvalue weighted by atomic mass is 32.2. The molecule has 0 aliphatic rings. The Labute approximate surface area is 48.2 Å². The van der Waals surface area contributed by atoms with E-state index in [0.29, 0.717) is 0 Å². The van der Waals surface area contributed by atoms with Gasteiger partial charge in [-0.15, -0.1) is 0 Å². The van der Waals surface area contributed by atoms with E-state index >= 15 is 0 Å².